The second-order valence-corrected chi connectivity index (χ2v) is 4.01. The summed E-state index contributed by atoms with van der Waals surface area (Å²) in [5.74, 6) is -0.315. The molecule has 0 radical (unpaired) electrons. The highest BCUT2D eigenvalue weighted by atomic mass is 35.5. The van der Waals surface area contributed by atoms with Gasteiger partial charge < -0.3 is 5.11 Å². The molecule has 1 amide bonds. The van der Waals surface area contributed by atoms with E-state index in [1.165, 1.54) is 24.5 Å². The summed E-state index contributed by atoms with van der Waals surface area (Å²) in [5.41, 5.74) is 3.19. The highest BCUT2D eigenvalue weighted by molar-refractivity contribution is 6.29. The average Bonchev–Trinajstić information content (AvgIpc) is 2.41. The van der Waals surface area contributed by atoms with Gasteiger partial charge in [-0.05, 0) is 24.3 Å². The molecule has 0 saturated heterocycles. The largest absolute Gasteiger partial charge is 0.507 e. The van der Waals surface area contributed by atoms with Gasteiger partial charge in [-0.25, -0.2) is 10.4 Å². The summed E-state index contributed by atoms with van der Waals surface area (Å²) < 4.78 is 0. The van der Waals surface area contributed by atoms with E-state index in [1.807, 2.05) is 0 Å². The van der Waals surface area contributed by atoms with Gasteiger partial charge in [-0.1, -0.05) is 23.7 Å². The van der Waals surface area contributed by atoms with E-state index in [4.69, 9.17) is 11.6 Å². The monoisotopic (exact) mass is 275 g/mol. The number of hydrogen-bond acceptors (Lipinski definition) is 4. The van der Waals surface area contributed by atoms with Crippen molar-refractivity contribution in [3.8, 4) is 5.75 Å². The van der Waals surface area contributed by atoms with Crippen LogP contribution in [0.4, 0.5) is 0 Å². The van der Waals surface area contributed by atoms with E-state index >= 15 is 0 Å². The molecule has 6 heteroatoms. The minimum atomic E-state index is -0.407. The number of nitrogens with one attached hydrogen (secondary N) is 1. The van der Waals surface area contributed by atoms with Gasteiger partial charge in [-0.15, -0.1) is 0 Å². The Morgan fingerprint density at radius 1 is 1.32 bits per heavy atom. The molecule has 0 spiro atoms. The summed E-state index contributed by atoms with van der Waals surface area (Å²) in [6.45, 7) is 0. The van der Waals surface area contributed by atoms with Gasteiger partial charge in [0, 0.05) is 11.8 Å². The lowest BCUT2D eigenvalue weighted by Crippen LogP contribution is -2.17. The molecule has 0 saturated carbocycles. The molecule has 5 nitrogen and oxygen atoms in total. The Balaban J connectivity index is 2.01. The predicted octanol–water partition coefficient (Wildman–Crippen LogP) is 2.20. The number of aromatic nitrogens is 1. The molecule has 0 aliphatic rings. The zero-order valence-electron chi connectivity index (χ0n) is 9.75. The van der Waals surface area contributed by atoms with Gasteiger partial charge in [-0.3, -0.25) is 4.79 Å². The molecular formula is C13H10ClN3O2. The number of hydrogen-bond donors (Lipinski definition) is 2. The molecular weight excluding hydrogens is 266 g/mol. The van der Waals surface area contributed by atoms with Gasteiger partial charge in [0.25, 0.3) is 5.91 Å². The Bertz CT molecular complexity index is 612. The first-order chi connectivity index (χ1) is 9.16. The third-order valence-electron chi connectivity index (χ3n) is 2.30. The van der Waals surface area contributed by atoms with E-state index in [0.29, 0.717) is 16.3 Å². The minimum Gasteiger partial charge on any atom is -0.507 e. The molecule has 0 aliphatic carbocycles. The zero-order chi connectivity index (χ0) is 13.7. The van der Waals surface area contributed by atoms with E-state index in [2.05, 4.69) is 15.5 Å². The summed E-state index contributed by atoms with van der Waals surface area (Å²) >= 11 is 5.62. The van der Waals surface area contributed by atoms with Crippen LogP contribution in [0.1, 0.15) is 15.9 Å². The number of phenols is 1. The standard InChI is InChI=1S/C13H10ClN3O2/c14-12-6-5-10(7-15-12)13(19)17-16-8-9-3-1-2-4-11(9)18/h1-8,18H,(H,17,19)/b16-8+. The summed E-state index contributed by atoms with van der Waals surface area (Å²) in [7, 11) is 0. The second-order valence-electron chi connectivity index (χ2n) is 3.63. The summed E-state index contributed by atoms with van der Waals surface area (Å²) in [5, 5.41) is 13.6. The number of halogens is 1. The number of carbonyl (C=O) groups excluding carboxylic acids is 1. The molecule has 2 N–H and O–H groups in total. The first-order valence-electron chi connectivity index (χ1n) is 5.40. The van der Waals surface area contributed by atoms with Crippen molar-refractivity contribution in [2.45, 2.75) is 0 Å². The molecule has 0 fully saturated rings. The summed E-state index contributed by atoms with van der Waals surface area (Å²) in [6, 6.07) is 9.72. The number of hydrazone groups is 1. The number of benzene rings is 1. The second kappa shape index (κ2) is 5.97. The fraction of sp³-hybridized carbons (Fsp3) is 0. The van der Waals surface area contributed by atoms with Gasteiger partial charge in [0.05, 0.1) is 11.8 Å². The maximum atomic E-state index is 11.7. The van der Waals surface area contributed by atoms with Crippen molar-refractivity contribution in [2.24, 2.45) is 5.10 Å². The molecule has 19 heavy (non-hydrogen) atoms. The minimum absolute atomic E-state index is 0.0914. The van der Waals surface area contributed by atoms with E-state index in [-0.39, 0.29) is 5.75 Å². The van der Waals surface area contributed by atoms with Crippen molar-refractivity contribution in [3.05, 3.63) is 58.9 Å². The molecule has 0 atom stereocenters. The topological polar surface area (TPSA) is 74.6 Å². The molecule has 96 valence electrons. The number of aromatic hydroxyl groups is 1. The quantitative estimate of drug-likeness (QED) is 0.512. The maximum Gasteiger partial charge on any atom is 0.272 e. The van der Waals surface area contributed by atoms with E-state index in [0.717, 1.165) is 0 Å². The van der Waals surface area contributed by atoms with Crippen LogP contribution in [-0.4, -0.2) is 22.2 Å². The number of rotatable bonds is 3. The third kappa shape index (κ3) is 3.53. The summed E-state index contributed by atoms with van der Waals surface area (Å²) in [4.78, 5) is 15.5. The lowest BCUT2D eigenvalue weighted by atomic mass is 10.2. The SMILES string of the molecule is O=C(N/N=C/c1ccccc1O)c1ccc(Cl)nc1. The van der Waals surface area contributed by atoms with Gasteiger partial charge in [0.1, 0.15) is 10.9 Å². The van der Waals surface area contributed by atoms with Gasteiger partial charge in [0.15, 0.2) is 0 Å². The van der Waals surface area contributed by atoms with Crippen LogP contribution >= 0.6 is 11.6 Å². The Labute approximate surface area is 114 Å². The molecule has 0 bridgehead atoms. The Morgan fingerprint density at radius 2 is 2.11 bits per heavy atom. The molecule has 0 unspecified atom stereocenters. The van der Waals surface area contributed by atoms with Crippen molar-refractivity contribution >= 4 is 23.7 Å². The van der Waals surface area contributed by atoms with E-state index in [1.54, 1.807) is 24.3 Å². The van der Waals surface area contributed by atoms with Crippen LogP contribution < -0.4 is 5.43 Å². The maximum absolute atomic E-state index is 11.7. The first-order valence-corrected chi connectivity index (χ1v) is 5.77. The number of carbonyl (C=O) groups is 1. The van der Waals surface area contributed by atoms with Crippen LogP contribution in [0.2, 0.25) is 5.15 Å². The third-order valence-corrected chi connectivity index (χ3v) is 2.52. The Kier molecular flexibility index (Phi) is 4.10. The molecule has 0 aliphatic heterocycles. The van der Waals surface area contributed by atoms with Crippen molar-refractivity contribution in [3.63, 3.8) is 0 Å². The van der Waals surface area contributed by atoms with E-state index < -0.39 is 5.91 Å². The molecule has 1 aromatic carbocycles. The van der Waals surface area contributed by atoms with Crippen molar-refractivity contribution < 1.29 is 9.90 Å². The zero-order valence-corrected chi connectivity index (χ0v) is 10.5. The van der Waals surface area contributed by atoms with Crippen LogP contribution in [0, 0.1) is 0 Å². The lowest BCUT2D eigenvalue weighted by molar-refractivity contribution is 0.0955. The fourth-order valence-corrected chi connectivity index (χ4v) is 1.44. The highest BCUT2D eigenvalue weighted by Crippen LogP contribution is 2.12. The van der Waals surface area contributed by atoms with Crippen molar-refractivity contribution in [1.29, 1.82) is 0 Å². The summed E-state index contributed by atoms with van der Waals surface area (Å²) in [6.07, 6.45) is 2.71. The number of para-hydroxylation sites is 1. The fourth-order valence-electron chi connectivity index (χ4n) is 1.33. The molecule has 2 aromatic rings. The van der Waals surface area contributed by atoms with Crippen LogP contribution in [-0.2, 0) is 0 Å². The van der Waals surface area contributed by atoms with Gasteiger partial charge >= 0.3 is 0 Å². The number of phenolic OH excluding ortho intramolecular Hbond substituents is 1. The number of nitrogens with zero attached hydrogens (tertiary/aromatic N) is 2. The highest BCUT2D eigenvalue weighted by Gasteiger charge is 2.04. The van der Waals surface area contributed by atoms with Gasteiger partial charge in [-0.2, -0.15) is 5.10 Å². The van der Waals surface area contributed by atoms with Crippen LogP contribution in [0.3, 0.4) is 0 Å². The Hall–Kier alpha value is -2.40. The molecule has 2 rings (SSSR count). The van der Waals surface area contributed by atoms with Crippen molar-refractivity contribution in [2.75, 3.05) is 0 Å². The normalized spacial score (nSPS) is 10.6. The Morgan fingerprint density at radius 3 is 2.79 bits per heavy atom. The van der Waals surface area contributed by atoms with Crippen molar-refractivity contribution in [1.82, 2.24) is 10.4 Å². The lowest BCUT2D eigenvalue weighted by Gasteiger charge is -2.00. The molecule has 1 heterocycles. The van der Waals surface area contributed by atoms with Crippen LogP contribution in [0.5, 0.6) is 5.75 Å². The van der Waals surface area contributed by atoms with Crippen LogP contribution in [0.25, 0.3) is 0 Å². The predicted molar refractivity (Wildman–Crippen MR) is 72.4 cm³/mol. The molecule has 1 aromatic heterocycles. The van der Waals surface area contributed by atoms with Crippen LogP contribution in [0.15, 0.2) is 47.7 Å². The van der Waals surface area contributed by atoms with Gasteiger partial charge in [0.2, 0.25) is 0 Å². The average molecular weight is 276 g/mol. The number of amides is 1. The smallest absolute Gasteiger partial charge is 0.272 e. The number of pyridine rings is 1. The van der Waals surface area contributed by atoms with E-state index in [9.17, 15) is 9.90 Å². The first kappa shape index (κ1) is 13.0.